The van der Waals surface area contributed by atoms with Crippen molar-refractivity contribution in [3.05, 3.63) is 36.4 Å². The second-order valence-corrected chi connectivity index (χ2v) is 8.45. The first-order chi connectivity index (χ1) is 17.9. The molecule has 0 spiro atoms. The molecule has 1 fully saturated rings. The summed E-state index contributed by atoms with van der Waals surface area (Å²) in [5, 5.41) is 1.47. The number of carbonyl (C=O) groups is 5. The van der Waals surface area contributed by atoms with Crippen LogP contribution < -0.4 is 9.47 Å². The Morgan fingerprint density at radius 1 is 0.658 bits per heavy atom. The molecule has 38 heavy (non-hydrogen) atoms. The van der Waals surface area contributed by atoms with E-state index in [-0.39, 0.29) is 6.61 Å². The molecule has 2 aromatic rings. The van der Waals surface area contributed by atoms with E-state index in [0.29, 0.717) is 11.5 Å². The third-order valence-corrected chi connectivity index (χ3v) is 5.25. The van der Waals surface area contributed by atoms with Crippen molar-refractivity contribution in [2.75, 3.05) is 6.61 Å². The summed E-state index contributed by atoms with van der Waals surface area (Å²) in [6.45, 7) is 5.53. The highest BCUT2D eigenvalue weighted by atomic mass is 16.7. The van der Waals surface area contributed by atoms with Gasteiger partial charge in [-0.2, -0.15) is 0 Å². The van der Waals surface area contributed by atoms with Crippen LogP contribution in [0.2, 0.25) is 0 Å². The molecule has 3 unspecified atom stereocenters. The Bertz CT molecular complexity index is 1220. The van der Waals surface area contributed by atoms with Crippen molar-refractivity contribution in [2.45, 2.75) is 65.3 Å². The molecule has 1 saturated heterocycles. The standard InChI is InChI=1S/C26H28O12/c1-13(27)32-12-22-23(34-15(3)29)24(35-16(4)30)25(36-17(5)31)26(38-22)37-21-9-7-18-10-20(33-14(2)28)8-6-19(18)11-21/h6-11,22-26H,12H2,1-5H3/t22?,23-,24?,25?,26-/m1/s1. The largest absolute Gasteiger partial charge is 0.463 e. The van der Waals surface area contributed by atoms with Gasteiger partial charge in [-0.3, -0.25) is 24.0 Å². The summed E-state index contributed by atoms with van der Waals surface area (Å²) in [6, 6.07) is 9.99. The first-order valence-electron chi connectivity index (χ1n) is 11.6. The van der Waals surface area contributed by atoms with Crippen LogP contribution in [0.5, 0.6) is 11.5 Å². The minimum atomic E-state index is -1.35. The number of hydrogen-bond acceptors (Lipinski definition) is 12. The topological polar surface area (TPSA) is 150 Å². The van der Waals surface area contributed by atoms with Crippen LogP contribution in [0.1, 0.15) is 34.6 Å². The molecule has 204 valence electrons. The van der Waals surface area contributed by atoms with Gasteiger partial charge < -0.3 is 33.2 Å². The van der Waals surface area contributed by atoms with E-state index in [4.69, 9.17) is 33.2 Å². The molecule has 12 nitrogen and oxygen atoms in total. The van der Waals surface area contributed by atoms with Crippen LogP contribution in [-0.4, -0.2) is 67.2 Å². The van der Waals surface area contributed by atoms with Crippen molar-refractivity contribution in [3.8, 4) is 11.5 Å². The van der Waals surface area contributed by atoms with Gasteiger partial charge >= 0.3 is 29.8 Å². The second kappa shape index (κ2) is 12.4. The van der Waals surface area contributed by atoms with E-state index in [1.165, 1.54) is 13.8 Å². The summed E-state index contributed by atoms with van der Waals surface area (Å²) >= 11 is 0. The van der Waals surface area contributed by atoms with E-state index >= 15 is 0 Å². The fourth-order valence-corrected chi connectivity index (χ4v) is 3.92. The molecule has 12 heteroatoms. The molecule has 0 saturated carbocycles. The van der Waals surface area contributed by atoms with Gasteiger partial charge in [0.25, 0.3) is 0 Å². The number of hydrogen-bond donors (Lipinski definition) is 0. The normalized spacial score (nSPS) is 22.6. The number of benzene rings is 2. The molecule has 1 heterocycles. The average Bonchev–Trinajstić information content (AvgIpc) is 2.80. The molecule has 0 radical (unpaired) electrons. The highest BCUT2D eigenvalue weighted by molar-refractivity contribution is 5.86. The minimum Gasteiger partial charge on any atom is -0.463 e. The van der Waals surface area contributed by atoms with Crippen molar-refractivity contribution in [2.24, 2.45) is 0 Å². The van der Waals surface area contributed by atoms with Gasteiger partial charge in [-0.15, -0.1) is 0 Å². The molecule has 0 amide bonds. The zero-order valence-corrected chi connectivity index (χ0v) is 21.5. The van der Waals surface area contributed by atoms with E-state index in [9.17, 15) is 24.0 Å². The lowest BCUT2D eigenvalue weighted by atomic mass is 9.98. The molecule has 0 bridgehead atoms. The van der Waals surface area contributed by atoms with Crippen LogP contribution in [0.3, 0.4) is 0 Å². The first kappa shape index (κ1) is 28.4. The highest BCUT2D eigenvalue weighted by Crippen LogP contribution is 2.32. The summed E-state index contributed by atoms with van der Waals surface area (Å²) in [4.78, 5) is 58.5. The number of carbonyl (C=O) groups excluding carboxylic acids is 5. The van der Waals surface area contributed by atoms with Gasteiger partial charge in [-0.1, -0.05) is 12.1 Å². The molecular weight excluding hydrogens is 504 g/mol. The Labute approximate surface area is 218 Å². The van der Waals surface area contributed by atoms with E-state index < -0.39 is 60.6 Å². The number of rotatable bonds is 8. The SMILES string of the molecule is CC(=O)OCC1O[C@@H](Oc2ccc3cc(OC(C)=O)ccc3c2)C(OC(C)=O)C(OC(C)=O)[C@@H]1OC(C)=O. The molecule has 0 aromatic heterocycles. The molecule has 0 aliphatic carbocycles. The maximum Gasteiger partial charge on any atom is 0.308 e. The fraction of sp³-hybridized carbons (Fsp3) is 0.423. The maximum atomic E-state index is 12.0. The summed E-state index contributed by atoms with van der Waals surface area (Å²) < 4.78 is 38.3. The zero-order valence-electron chi connectivity index (χ0n) is 21.5. The Morgan fingerprint density at radius 2 is 1.18 bits per heavy atom. The minimum absolute atomic E-state index is 0.290. The van der Waals surface area contributed by atoms with Gasteiger partial charge in [0, 0.05) is 34.6 Å². The van der Waals surface area contributed by atoms with E-state index in [1.54, 1.807) is 36.4 Å². The third-order valence-electron chi connectivity index (χ3n) is 5.25. The lowest BCUT2D eigenvalue weighted by Crippen LogP contribution is -2.63. The first-order valence-corrected chi connectivity index (χ1v) is 11.6. The van der Waals surface area contributed by atoms with Crippen molar-refractivity contribution in [1.82, 2.24) is 0 Å². The average molecular weight is 532 g/mol. The van der Waals surface area contributed by atoms with E-state index in [0.717, 1.165) is 31.5 Å². The second-order valence-electron chi connectivity index (χ2n) is 8.45. The Hall–Kier alpha value is -4.19. The number of fused-ring (bicyclic) bond motifs is 1. The highest BCUT2D eigenvalue weighted by Gasteiger charge is 2.53. The van der Waals surface area contributed by atoms with Crippen LogP contribution >= 0.6 is 0 Å². The molecule has 5 atom stereocenters. The van der Waals surface area contributed by atoms with Gasteiger partial charge in [0.05, 0.1) is 0 Å². The maximum absolute atomic E-state index is 12.0. The monoisotopic (exact) mass is 532 g/mol. The van der Waals surface area contributed by atoms with Gasteiger partial charge in [-0.05, 0) is 35.0 Å². The lowest BCUT2D eigenvalue weighted by Gasteiger charge is -2.43. The van der Waals surface area contributed by atoms with E-state index in [2.05, 4.69) is 0 Å². The smallest absolute Gasteiger partial charge is 0.308 e. The van der Waals surface area contributed by atoms with Crippen molar-refractivity contribution in [3.63, 3.8) is 0 Å². The van der Waals surface area contributed by atoms with Crippen molar-refractivity contribution in [1.29, 1.82) is 0 Å². The Kier molecular flexibility index (Phi) is 9.24. The summed E-state index contributed by atoms with van der Waals surface area (Å²) in [5.41, 5.74) is 0. The molecule has 3 rings (SSSR count). The van der Waals surface area contributed by atoms with Crippen LogP contribution in [0.4, 0.5) is 0 Å². The van der Waals surface area contributed by atoms with Gasteiger partial charge in [0.1, 0.15) is 24.2 Å². The van der Waals surface area contributed by atoms with Crippen LogP contribution in [0.15, 0.2) is 36.4 Å². The quantitative estimate of drug-likeness (QED) is 0.279. The van der Waals surface area contributed by atoms with Crippen LogP contribution in [-0.2, 0) is 47.7 Å². The van der Waals surface area contributed by atoms with Crippen LogP contribution in [0.25, 0.3) is 10.8 Å². The van der Waals surface area contributed by atoms with Crippen molar-refractivity contribution < 1.29 is 57.1 Å². The summed E-state index contributed by atoms with van der Waals surface area (Å²) in [7, 11) is 0. The summed E-state index contributed by atoms with van der Waals surface area (Å²) in [5.74, 6) is -2.62. The Morgan fingerprint density at radius 3 is 1.74 bits per heavy atom. The zero-order chi connectivity index (χ0) is 28.0. The third kappa shape index (κ3) is 7.65. The Balaban J connectivity index is 1.97. The molecule has 1 aliphatic heterocycles. The summed E-state index contributed by atoms with van der Waals surface area (Å²) in [6.07, 6.45) is -6.46. The van der Waals surface area contributed by atoms with Crippen molar-refractivity contribution >= 4 is 40.6 Å². The predicted octanol–water partition coefficient (Wildman–Crippen LogP) is 2.23. The van der Waals surface area contributed by atoms with Crippen LogP contribution in [0, 0.1) is 0 Å². The number of esters is 5. The van der Waals surface area contributed by atoms with Gasteiger partial charge in [0.2, 0.25) is 12.4 Å². The predicted molar refractivity (Wildman–Crippen MR) is 128 cm³/mol. The molecule has 0 N–H and O–H groups in total. The fourth-order valence-electron chi connectivity index (χ4n) is 3.92. The van der Waals surface area contributed by atoms with Gasteiger partial charge in [0.15, 0.2) is 12.2 Å². The molecule has 2 aromatic carbocycles. The number of ether oxygens (including phenoxy) is 7. The van der Waals surface area contributed by atoms with Gasteiger partial charge in [-0.25, -0.2) is 0 Å². The molecular formula is C26H28O12. The molecule has 1 aliphatic rings. The lowest BCUT2D eigenvalue weighted by molar-refractivity contribution is -0.288. The van der Waals surface area contributed by atoms with E-state index in [1.807, 2.05) is 0 Å².